The second-order valence-electron chi connectivity index (χ2n) is 4.09. The summed E-state index contributed by atoms with van der Waals surface area (Å²) >= 11 is 0. The molecule has 0 heterocycles. The van der Waals surface area contributed by atoms with Gasteiger partial charge in [-0.3, -0.25) is 4.72 Å². The van der Waals surface area contributed by atoms with E-state index in [9.17, 15) is 8.42 Å². The van der Waals surface area contributed by atoms with Crippen molar-refractivity contribution in [3.63, 3.8) is 0 Å². The monoisotopic (exact) mass is 227 g/mol. The lowest BCUT2D eigenvalue weighted by atomic mass is 10.2. The van der Waals surface area contributed by atoms with Gasteiger partial charge in [0.05, 0.1) is 11.4 Å². The summed E-state index contributed by atoms with van der Waals surface area (Å²) in [6.45, 7) is 5.65. The Morgan fingerprint density at radius 3 is 2.40 bits per heavy atom. The lowest BCUT2D eigenvalue weighted by Gasteiger charge is -2.11. The molecule has 0 saturated heterocycles. The Hall–Kier alpha value is -1.03. The topological polar surface area (TPSA) is 46.2 Å². The summed E-state index contributed by atoms with van der Waals surface area (Å²) in [7, 11) is -3.21. The van der Waals surface area contributed by atoms with E-state index in [1.54, 1.807) is 6.07 Å². The Morgan fingerprint density at radius 2 is 1.87 bits per heavy atom. The number of benzene rings is 1. The Balaban J connectivity index is 2.83. The van der Waals surface area contributed by atoms with E-state index < -0.39 is 10.0 Å². The van der Waals surface area contributed by atoms with Crippen molar-refractivity contribution in [2.75, 3.05) is 10.5 Å². The fourth-order valence-electron chi connectivity index (χ4n) is 1.34. The number of hydrogen-bond donors (Lipinski definition) is 1. The van der Waals surface area contributed by atoms with Crippen LogP contribution in [0.4, 0.5) is 5.69 Å². The zero-order chi connectivity index (χ0) is 11.5. The third kappa shape index (κ3) is 3.91. The van der Waals surface area contributed by atoms with Crippen LogP contribution in [0.3, 0.4) is 0 Å². The van der Waals surface area contributed by atoms with Gasteiger partial charge in [0.15, 0.2) is 0 Å². The largest absolute Gasteiger partial charge is 0.283 e. The molecule has 1 N–H and O–H groups in total. The van der Waals surface area contributed by atoms with Crippen molar-refractivity contribution in [3.8, 4) is 0 Å². The molecule has 4 heteroatoms. The summed E-state index contributed by atoms with van der Waals surface area (Å²) in [5.41, 5.74) is 1.60. The fourth-order valence-corrected chi connectivity index (χ4v) is 2.86. The third-order valence-electron chi connectivity index (χ3n) is 1.96. The average Bonchev–Trinajstić information content (AvgIpc) is 2.06. The minimum absolute atomic E-state index is 0.131. The van der Waals surface area contributed by atoms with Gasteiger partial charge in [-0.1, -0.05) is 32.0 Å². The molecule has 1 rings (SSSR count). The molecule has 1 aromatic rings. The minimum atomic E-state index is -3.21. The second kappa shape index (κ2) is 4.66. The first-order valence-electron chi connectivity index (χ1n) is 4.97. The number of hydrogen-bond acceptors (Lipinski definition) is 2. The van der Waals surface area contributed by atoms with Gasteiger partial charge in [0.25, 0.3) is 0 Å². The van der Waals surface area contributed by atoms with Crippen LogP contribution in [0.1, 0.15) is 19.4 Å². The maximum absolute atomic E-state index is 11.7. The van der Waals surface area contributed by atoms with Crippen molar-refractivity contribution in [1.29, 1.82) is 0 Å². The van der Waals surface area contributed by atoms with Gasteiger partial charge >= 0.3 is 0 Å². The fraction of sp³-hybridized carbons (Fsp3) is 0.455. The Kier molecular flexibility index (Phi) is 3.74. The van der Waals surface area contributed by atoms with Crippen molar-refractivity contribution >= 4 is 15.7 Å². The number of aryl methyl sites for hydroxylation is 1. The highest BCUT2D eigenvalue weighted by molar-refractivity contribution is 7.92. The van der Waals surface area contributed by atoms with Crippen LogP contribution < -0.4 is 4.72 Å². The zero-order valence-corrected chi connectivity index (χ0v) is 10.1. The number of nitrogens with one attached hydrogen (secondary N) is 1. The minimum Gasteiger partial charge on any atom is -0.283 e. The van der Waals surface area contributed by atoms with Gasteiger partial charge < -0.3 is 0 Å². The van der Waals surface area contributed by atoms with E-state index in [4.69, 9.17) is 0 Å². The molecule has 0 amide bonds. The molecule has 3 nitrogen and oxygen atoms in total. The first-order chi connectivity index (χ1) is 6.91. The number of rotatable bonds is 4. The Morgan fingerprint density at radius 1 is 1.27 bits per heavy atom. The van der Waals surface area contributed by atoms with E-state index in [-0.39, 0.29) is 11.7 Å². The van der Waals surface area contributed by atoms with E-state index in [2.05, 4.69) is 4.72 Å². The maximum Gasteiger partial charge on any atom is 0.232 e. The van der Waals surface area contributed by atoms with E-state index in [0.29, 0.717) is 5.69 Å². The highest BCUT2D eigenvalue weighted by Crippen LogP contribution is 2.15. The first-order valence-corrected chi connectivity index (χ1v) is 6.62. The van der Waals surface area contributed by atoms with Crippen LogP contribution in [0.2, 0.25) is 0 Å². The van der Waals surface area contributed by atoms with Crippen LogP contribution in [-0.2, 0) is 10.0 Å². The second-order valence-corrected chi connectivity index (χ2v) is 5.86. The predicted octanol–water partition coefficient (Wildman–Crippen LogP) is 2.39. The smallest absolute Gasteiger partial charge is 0.232 e. The number of sulfonamides is 1. The molecule has 84 valence electrons. The quantitative estimate of drug-likeness (QED) is 0.858. The summed E-state index contributed by atoms with van der Waals surface area (Å²) in [4.78, 5) is 0. The molecule has 0 unspecified atom stereocenters. The standard InChI is InChI=1S/C11H17NO2S/c1-9(2)8-15(13,14)12-11-7-5-4-6-10(11)3/h4-7,9,12H,8H2,1-3H3. The van der Waals surface area contributed by atoms with Gasteiger partial charge in [-0.25, -0.2) is 8.42 Å². The molecule has 0 radical (unpaired) electrons. The molecule has 0 saturated carbocycles. The molecule has 0 aliphatic heterocycles. The van der Waals surface area contributed by atoms with Gasteiger partial charge in [0.1, 0.15) is 0 Å². The summed E-state index contributed by atoms with van der Waals surface area (Å²) in [6, 6.07) is 7.36. The molecule has 0 aliphatic rings. The van der Waals surface area contributed by atoms with E-state index in [0.717, 1.165) is 5.56 Å². The molecule has 1 aromatic carbocycles. The van der Waals surface area contributed by atoms with E-state index >= 15 is 0 Å². The van der Waals surface area contributed by atoms with Crippen LogP contribution >= 0.6 is 0 Å². The lowest BCUT2D eigenvalue weighted by molar-refractivity contribution is 0.587. The lowest BCUT2D eigenvalue weighted by Crippen LogP contribution is -2.20. The van der Waals surface area contributed by atoms with Crippen LogP contribution in [-0.4, -0.2) is 14.2 Å². The molecular formula is C11H17NO2S. The molecule has 0 bridgehead atoms. The van der Waals surface area contributed by atoms with Gasteiger partial charge in [-0.2, -0.15) is 0 Å². The van der Waals surface area contributed by atoms with Crippen molar-refractivity contribution in [2.24, 2.45) is 5.92 Å². The molecule has 0 fully saturated rings. The Labute approximate surface area is 91.6 Å². The Bertz CT molecular complexity index is 424. The summed E-state index contributed by atoms with van der Waals surface area (Å²) in [5, 5.41) is 0. The van der Waals surface area contributed by atoms with Crippen molar-refractivity contribution in [3.05, 3.63) is 29.8 Å². The number of para-hydroxylation sites is 1. The summed E-state index contributed by atoms with van der Waals surface area (Å²) in [6.07, 6.45) is 0. The highest BCUT2D eigenvalue weighted by Gasteiger charge is 2.13. The van der Waals surface area contributed by atoms with Crippen LogP contribution in [0.5, 0.6) is 0 Å². The molecule has 0 aliphatic carbocycles. The molecule has 0 spiro atoms. The normalized spacial score (nSPS) is 11.7. The van der Waals surface area contributed by atoms with Crippen molar-refractivity contribution < 1.29 is 8.42 Å². The molecular weight excluding hydrogens is 210 g/mol. The summed E-state index contributed by atoms with van der Waals surface area (Å²) in [5.74, 6) is 0.285. The van der Waals surface area contributed by atoms with Crippen LogP contribution in [0.15, 0.2) is 24.3 Å². The zero-order valence-electron chi connectivity index (χ0n) is 9.32. The van der Waals surface area contributed by atoms with Crippen LogP contribution in [0, 0.1) is 12.8 Å². The van der Waals surface area contributed by atoms with Gasteiger partial charge in [0, 0.05) is 0 Å². The summed E-state index contributed by atoms with van der Waals surface area (Å²) < 4.78 is 25.9. The highest BCUT2D eigenvalue weighted by atomic mass is 32.2. The van der Waals surface area contributed by atoms with Gasteiger partial charge in [-0.15, -0.1) is 0 Å². The van der Waals surface area contributed by atoms with Crippen LogP contribution in [0.25, 0.3) is 0 Å². The third-order valence-corrected chi connectivity index (χ3v) is 3.60. The SMILES string of the molecule is Cc1ccccc1NS(=O)(=O)CC(C)C. The number of anilines is 1. The molecule has 15 heavy (non-hydrogen) atoms. The van der Waals surface area contributed by atoms with Gasteiger partial charge in [0.2, 0.25) is 10.0 Å². The van der Waals surface area contributed by atoms with Gasteiger partial charge in [-0.05, 0) is 24.5 Å². The first kappa shape index (κ1) is 12.0. The molecule has 0 aromatic heterocycles. The van der Waals surface area contributed by atoms with Crippen molar-refractivity contribution in [2.45, 2.75) is 20.8 Å². The van der Waals surface area contributed by atoms with E-state index in [1.165, 1.54) is 0 Å². The average molecular weight is 227 g/mol. The van der Waals surface area contributed by atoms with Crippen molar-refractivity contribution in [1.82, 2.24) is 0 Å². The predicted molar refractivity (Wildman–Crippen MR) is 63.4 cm³/mol. The maximum atomic E-state index is 11.7. The molecule has 0 atom stereocenters. The van der Waals surface area contributed by atoms with E-state index in [1.807, 2.05) is 39.0 Å².